The van der Waals surface area contributed by atoms with Gasteiger partial charge in [0.25, 0.3) is 17.3 Å². The molecular formula is C16H15N5O5. The third kappa shape index (κ3) is 3.74. The molecule has 1 fully saturated rings. The van der Waals surface area contributed by atoms with Gasteiger partial charge >= 0.3 is 0 Å². The average molecular weight is 357 g/mol. The highest BCUT2D eigenvalue weighted by Gasteiger charge is 2.20. The van der Waals surface area contributed by atoms with Gasteiger partial charge in [-0.05, 0) is 25.0 Å². The third-order valence-corrected chi connectivity index (χ3v) is 4.02. The van der Waals surface area contributed by atoms with Crippen molar-refractivity contribution < 1.29 is 14.6 Å². The van der Waals surface area contributed by atoms with Crippen molar-refractivity contribution in [3.05, 3.63) is 62.3 Å². The number of amides is 1. The molecule has 2 heterocycles. The van der Waals surface area contributed by atoms with Crippen LogP contribution in [0.5, 0.6) is 0 Å². The molecule has 1 aromatic carbocycles. The van der Waals surface area contributed by atoms with Crippen LogP contribution in [0.25, 0.3) is 0 Å². The van der Waals surface area contributed by atoms with Crippen molar-refractivity contribution in [3.8, 4) is 0 Å². The Labute approximate surface area is 147 Å². The lowest BCUT2D eigenvalue weighted by atomic mass is 10.1. The second-order valence-corrected chi connectivity index (χ2v) is 5.81. The number of aromatic nitrogens is 1. The van der Waals surface area contributed by atoms with Crippen LogP contribution in [0.2, 0.25) is 0 Å². The number of non-ortho nitro benzene ring substituents is 2. The number of nitrogens with zero attached hydrogens (tertiary/aromatic N) is 4. The Kier molecular flexibility index (Phi) is 4.74. The van der Waals surface area contributed by atoms with Gasteiger partial charge in [0.05, 0.1) is 33.4 Å². The quantitative estimate of drug-likeness (QED) is 0.642. The monoisotopic (exact) mass is 357 g/mol. The molecule has 0 saturated carbocycles. The molecule has 1 amide bonds. The average Bonchev–Trinajstić information content (AvgIpc) is 3.16. The molecule has 1 saturated heterocycles. The molecule has 1 N–H and O–H groups in total. The molecule has 10 heteroatoms. The Bertz CT molecular complexity index is 830. The minimum atomic E-state index is -0.782. The Morgan fingerprint density at radius 2 is 1.65 bits per heavy atom. The Balaban J connectivity index is 1.79. The fraction of sp³-hybridized carbons (Fsp3) is 0.250. The van der Waals surface area contributed by atoms with Crippen LogP contribution in [0.15, 0.2) is 36.5 Å². The molecule has 0 aliphatic carbocycles. The highest BCUT2D eigenvalue weighted by Crippen LogP contribution is 2.24. The predicted octanol–water partition coefficient (Wildman–Crippen LogP) is 2.75. The summed E-state index contributed by atoms with van der Waals surface area (Å²) in [4.78, 5) is 39.0. The zero-order valence-electron chi connectivity index (χ0n) is 13.6. The lowest BCUT2D eigenvalue weighted by Crippen LogP contribution is -2.19. The normalized spacial score (nSPS) is 13.5. The SMILES string of the molecule is O=C(Nc1ccc(N2CCCC2)nc1)c1cc([N+](=O)[O-])cc([N+](=O)[O-])c1. The first-order chi connectivity index (χ1) is 12.4. The number of carbonyl (C=O) groups is 1. The van der Waals surface area contributed by atoms with Crippen molar-refractivity contribution in [2.45, 2.75) is 12.8 Å². The standard InChI is InChI=1S/C16H15N5O5/c22-16(11-7-13(20(23)24)9-14(8-11)21(25)26)18-12-3-4-15(17-10-12)19-5-1-2-6-19/h3-4,7-10H,1-2,5-6H2,(H,18,22). The van der Waals surface area contributed by atoms with Crippen molar-refractivity contribution in [2.24, 2.45) is 0 Å². The Morgan fingerprint density at radius 3 is 2.15 bits per heavy atom. The van der Waals surface area contributed by atoms with Crippen LogP contribution in [-0.2, 0) is 0 Å². The van der Waals surface area contributed by atoms with E-state index in [9.17, 15) is 25.0 Å². The smallest absolute Gasteiger partial charge is 0.277 e. The van der Waals surface area contributed by atoms with Gasteiger partial charge in [0.1, 0.15) is 5.82 Å². The van der Waals surface area contributed by atoms with Crippen molar-refractivity contribution >= 4 is 28.8 Å². The van der Waals surface area contributed by atoms with Gasteiger partial charge in [-0.3, -0.25) is 25.0 Å². The lowest BCUT2D eigenvalue weighted by Gasteiger charge is -2.16. The van der Waals surface area contributed by atoms with E-state index in [0.29, 0.717) is 5.69 Å². The minimum Gasteiger partial charge on any atom is -0.357 e. The van der Waals surface area contributed by atoms with Crippen LogP contribution >= 0.6 is 0 Å². The number of nitro groups is 2. The number of hydrogen-bond donors (Lipinski definition) is 1. The number of pyridine rings is 1. The van der Waals surface area contributed by atoms with Gasteiger partial charge in [-0.2, -0.15) is 0 Å². The molecule has 0 radical (unpaired) electrons. The van der Waals surface area contributed by atoms with Crippen molar-refractivity contribution in [1.29, 1.82) is 0 Å². The number of nitrogens with one attached hydrogen (secondary N) is 1. The molecule has 0 bridgehead atoms. The first-order valence-electron chi connectivity index (χ1n) is 7.90. The van der Waals surface area contributed by atoms with Gasteiger partial charge in [0.15, 0.2) is 0 Å². The number of nitro benzene ring substituents is 2. The van der Waals surface area contributed by atoms with E-state index in [-0.39, 0.29) is 5.56 Å². The maximum Gasteiger partial charge on any atom is 0.277 e. The summed E-state index contributed by atoms with van der Waals surface area (Å²) < 4.78 is 0. The van der Waals surface area contributed by atoms with E-state index < -0.39 is 27.1 Å². The van der Waals surface area contributed by atoms with E-state index in [1.807, 2.05) is 0 Å². The van der Waals surface area contributed by atoms with Crippen LogP contribution in [-0.4, -0.2) is 33.8 Å². The van der Waals surface area contributed by atoms with Gasteiger partial charge < -0.3 is 10.2 Å². The second kappa shape index (κ2) is 7.13. The van der Waals surface area contributed by atoms with E-state index in [0.717, 1.165) is 49.9 Å². The fourth-order valence-electron chi connectivity index (χ4n) is 2.73. The van der Waals surface area contributed by atoms with Gasteiger partial charge in [0.2, 0.25) is 0 Å². The fourth-order valence-corrected chi connectivity index (χ4v) is 2.73. The van der Waals surface area contributed by atoms with Crippen LogP contribution in [0.4, 0.5) is 22.9 Å². The van der Waals surface area contributed by atoms with Crippen LogP contribution < -0.4 is 10.2 Å². The summed E-state index contributed by atoms with van der Waals surface area (Å²) in [7, 11) is 0. The van der Waals surface area contributed by atoms with E-state index in [2.05, 4.69) is 15.2 Å². The van der Waals surface area contributed by atoms with E-state index in [4.69, 9.17) is 0 Å². The first kappa shape index (κ1) is 17.3. The van der Waals surface area contributed by atoms with Gasteiger partial charge in [-0.15, -0.1) is 0 Å². The van der Waals surface area contributed by atoms with Crippen molar-refractivity contribution in [1.82, 2.24) is 4.98 Å². The summed E-state index contributed by atoms with van der Waals surface area (Å²) in [6.45, 7) is 1.88. The summed E-state index contributed by atoms with van der Waals surface area (Å²) in [6, 6.07) is 6.24. The molecular weight excluding hydrogens is 342 g/mol. The zero-order valence-corrected chi connectivity index (χ0v) is 13.6. The summed E-state index contributed by atoms with van der Waals surface area (Å²) in [5.74, 6) is 0.124. The Morgan fingerprint density at radius 1 is 1.04 bits per heavy atom. The molecule has 0 spiro atoms. The third-order valence-electron chi connectivity index (χ3n) is 4.02. The molecule has 1 aliphatic heterocycles. The second-order valence-electron chi connectivity index (χ2n) is 5.81. The van der Waals surface area contributed by atoms with E-state index in [1.165, 1.54) is 6.20 Å². The number of carbonyl (C=O) groups excluding carboxylic acids is 1. The Hall–Kier alpha value is -3.56. The molecule has 2 aromatic rings. The van der Waals surface area contributed by atoms with Crippen molar-refractivity contribution in [2.75, 3.05) is 23.3 Å². The summed E-state index contributed by atoms with van der Waals surface area (Å²) in [5, 5.41) is 24.4. The van der Waals surface area contributed by atoms with Gasteiger partial charge in [-0.25, -0.2) is 4.98 Å². The summed E-state index contributed by atoms with van der Waals surface area (Å²) in [6.07, 6.45) is 3.72. The highest BCUT2D eigenvalue weighted by molar-refractivity contribution is 6.05. The number of benzene rings is 1. The largest absolute Gasteiger partial charge is 0.357 e. The van der Waals surface area contributed by atoms with Crippen LogP contribution in [0.1, 0.15) is 23.2 Å². The number of hydrogen-bond acceptors (Lipinski definition) is 7. The minimum absolute atomic E-state index is 0.172. The summed E-state index contributed by atoms with van der Waals surface area (Å²) >= 11 is 0. The van der Waals surface area contributed by atoms with Gasteiger partial charge in [-0.1, -0.05) is 0 Å². The first-order valence-corrected chi connectivity index (χ1v) is 7.90. The molecule has 0 atom stereocenters. The molecule has 26 heavy (non-hydrogen) atoms. The summed E-state index contributed by atoms with van der Waals surface area (Å²) in [5.41, 5.74) is -0.819. The topological polar surface area (TPSA) is 132 Å². The maximum absolute atomic E-state index is 12.3. The number of anilines is 2. The van der Waals surface area contributed by atoms with E-state index in [1.54, 1.807) is 12.1 Å². The lowest BCUT2D eigenvalue weighted by molar-refractivity contribution is -0.394. The van der Waals surface area contributed by atoms with E-state index >= 15 is 0 Å². The predicted molar refractivity (Wildman–Crippen MR) is 93.4 cm³/mol. The molecule has 1 aliphatic rings. The molecule has 0 unspecified atom stereocenters. The van der Waals surface area contributed by atoms with Gasteiger partial charge in [0, 0.05) is 25.2 Å². The van der Waals surface area contributed by atoms with Crippen LogP contribution in [0, 0.1) is 20.2 Å². The maximum atomic E-state index is 12.3. The van der Waals surface area contributed by atoms with Crippen LogP contribution in [0.3, 0.4) is 0 Å². The van der Waals surface area contributed by atoms with Crippen molar-refractivity contribution in [3.63, 3.8) is 0 Å². The molecule has 3 rings (SSSR count). The molecule has 134 valence electrons. The zero-order chi connectivity index (χ0) is 18.7. The molecule has 1 aromatic heterocycles. The number of rotatable bonds is 5. The molecule has 10 nitrogen and oxygen atoms in total. The highest BCUT2D eigenvalue weighted by atomic mass is 16.6.